The van der Waals surface area contributed by atoms with Crippen LogP contribution in [0.4, 0.5) is 4.39 Å². The van der Waals surface area contributed by atoms with Crippen LogP contribution in [0.3, 0.4) is 0 Å². The third-order valence-electron chi connectivity index (χ3n) is 4.51. The molecule has 2 N–H and O–H groups in total. The first-order chi connectivity index (χ1) is 10.1. The van der Waals surface area contributed by atoms with E-state index in [4.69, 9.17) is 5.73 Å². The van der Waals surface area contributed by atoms with Crippen molar-refractivity contribution >= 4 is 15.9 Å². The largest absolute Gasteiger partial charge is 0.329 e. The highest BCUT2D eigenvalue weighted by Crippen LogP contribution is 2.31. The summed E-state index contributed by atoms with van der Waals surface area (Å²) in [6, 6.07) is 5.65. The van der Waals surface area contributed by atoms with Crippen molar-refractivity contribution in [1.82, 2.24) is 9.80 Å². The molecule has 1 aromatic rings. The summed E-state index contributed by atoms with van der Waals surface area (Å²) < 4.78 is 14.1. The molecule has 1 aliphatic rings. The Morgan fingerprint density at radius 2 is 2.14 bits per heavy atom. The Balaban J connectivity index is 2.12. The van der Waals surface area contributed by atoms with E-state index in [0.717, 1.165) is 36.2 Å². The van der Waals surface area contributed by atoms with Crippen LogP contribution in [-0.4, -0.2) is 48.6 Å². The van der Waals surface area contributed by atoms with Crippen LogP contribution in [0.5, 0.6) is 0 Å². The average molecular weight is 358 g/mol. The second kappa shape index (κ2) is 7.68. The molecular weight excluding hydrogens is 333 g/mol. The highest BCUT2D eigenvalue weighted by atomic mass is 79.9. The van der Waals surface area contributed by atoms with Gasteiger partial charge in [-0.2, -0.15) is 0 Å². The quantitative estimate of drug-likeness (QED) is 0.849. The van der Waals surface area contributed by atoms with Gasteiger partial charge in [0.05, 0.1) is 0 Å². The average Bonchev–Trinajstić information content (AvgIpc) is 2.93. The lowest BCUT2D eigenvalue weighted by molar-refractivity contribution is 0.189. The second-order valence-corrected chi connectivity index (χ2v) is 6.43. The fourth-order valence-electron chi connectivity index (χ4n) is 3.33. The minimum Gasteiger partial charge on any atom is -0.329 e. The molecule has 0 saturated carbocycles. The zero-order valence-electron chi connectivity index (χ0n) is 12.9. The summed E-state index contributed by atoms with van der Waals surface area (Å²) in [5.41, 5.74) is 7.09. The maximum Gasteiger partial charge on any atom is 0.124 e. The Morgan fingerprint density at radius 3 is 2.71 bits per heavy atom. The molecule has 2 rings (SSSR count). The highest BCUT2D eigenvalue weighted by molar-refractivity contribution is 9.10. The number of hydrogen-bond acceptors (Lipinski definition) is 3. The third-order valence-corrected chi connectivity index (χ3v) is 5.20. The number of halogens is 2. The molecule has 1 heterocycles. The summed E-state index contributed by atoms with van der Waals surface area (Å²) in [4.78, 5) is 4.94. The second-order valence-electron chi connectivity index (χ2n) is 5.58. The first-order valence-electron chi connectivity index (χ1n) is 7.73. The maximum atomic E-state index is 13.3. The van der Waals surface area contributed by atoms with Gasteiger partial charge in [0.2, 0.25) is 0 Å². The van der Waals surface area contributed by atoms with Gasteiger partial charge in [0.15, 0.2) is 0 Å². The van der Waals surface area contributed by atoms with Crippen LogP contribution >= 0.6 is 15.9 Å². The monoisotopic (exact) mass is 357 g/mol. The Hall–Kier alpha value is -0.490. The van der Waals surface area contributed by atoms with Gasteiger partial charge in [-0.1, -0.05) is 35.8 Å². The molecule has 0 spiro atoms. The summed E-state index contributed by atoms with van der Waals surface area (Å²) in [5.74, 6) is -0.219. The molecule has 3 nitrogen and oxygen atoms in total. The molecule has 2 atom stereocenters. The van der Waals surface area contributed by atoms with Crippen LogP contribution < -0.4 is 5.73 Å². The number of likely N-dealkylation sites (tertiary alicyclic amines) is 1. The van der Waals surface area contributed by atoms with Crippen LogP contribution in [0.1, 0.15) is 31.9 Å². The van der Waals surface area contributed by atoms with Gasteiger partial charge in [-0.3, -0.25) is 9.80 Å². The molecular formula is C16H25BrFN3. The summed E-state index contributed by atoms with van der Waals surface area (Å²) >= 11 is 3.47. The minimum atomic E-state index is -0.219. The zero-order valence-corrected chi connectivity index (χ0v) is 14.4. The van der Waals surface area contributed by atoms with Gasteiger partial charge >= 0.3 is 0 Å². The van der Waals surface area contributed by atoms with E-state index in [1.165, 1.54) is 18.6 Å². The van der Waals surface area contributed by atoms with Crippen LogP contribution in [0, 0.1) is 5.82 Å². The van der Waals surface area contributed by atoms with E-state index in [0.29, 0.717) is 12.6 Å². The molecule has 1 saturated heterocycles. The lowest BCUT2D eigenvalue weighted by atomic mass is 10.1. The van der Waals surface area contributed by atoms with Crippen molar-refractivity contribution in [2.75, 3.05) is 32.7 Å². The van der Waals surface area contributed by atoms with Crippen molar-refractivity contribution in [3.63, 3.8) is 0 Å². The molecule has 0 aromatic heterocycles. The van der Waals surface area contributed by atoms with Crippen molar-refractivity contribution in [2.24, 2.45) is 5.73 Å². The van der Waals surface area contributed by atoms with Crippen molar-refractivity contribution in [1.29, 1.82) is 0 Å². The van der Waals surface area contributed by atoms with Gasteiger partial charge in [-0.25, -0.2) is 4.39 Å². The summed E-state index contributed by atoms with van der Waals surface area (Å²) in [7, 11) is 0. The predicted octanol–water partition coefficient (Wildman–Crippen LogP) is 3.00. The smallest absolute Gasteiger partial charge is 0.124 e. The van der Waals surface area contributed by atoms with Gasteiger partial charge in [0.1, 0.15) is 5.82 Å². The number of hydrogen-bond donors (Lipinski definition) is 1. The molecule has 0 amide bonds. The molecule has 1 aliphatic heterocycles. The number of likely N-dealkylation sites (N-methyl/N-ethyl adjacent to an activating group) is 1. The maximum absolute atomic E-state index is 13.3. The molecule has 0 aliphatic carbocycles. The van der Waals surface area contributed by atoms with Gasteiger partial charge in [-0.05, 0) is 37.2 Å². The van der Waals surface area contributed by atoms with Crippen LogP contribution in [0.25, 0.3) is 0 Å². The normalized spacial score (nSPS) is 21.1. The van der Waals surface area contributed by atoms with Gasteiger partial charge in [0.25, 0.3) is 0 Å². The minimum absolute atomic E-state index is 0.153. The number of nitrogens with two attached hydrogens (primary N) is 1. The summed E-state index contributed by atoms with van der Waals surface area (Å²) in [5, 5.41) is 0. The Kier molecular flexibility index (Phi) is 6.17. The van der Waals surface area contributed by atoms with Crippen molar-refractivity contribution in [3.05, 3.63) is 34.1 Å². The van der Waals surface area contributed by atoms with E-state index >= 15 is 0 Å². The van der Waals surface area contributed by atoms with E-state index in [2.05, 4.69) is 39.6 Å². The van der Waals surface area contributed by atoms with Crippen LogP contribution in [0.15, 0.2) is 22.7 Å². The SMILES string of the molecule is CCN(CC)C1CCN(C(CN)c2ccc(F)cc2Br)C1. The fraction of sp³-hybridized carbons (Fsp3) is 0.625. The number of benzene rings is 1. The summed E-state index contributed by atoms with van der Waals surface area (Å²) in [6.07, 6.45) is 1.18. The van der Waals surface area contributed by atoms with Gasteiger partial charge < -0.3 is 5.73 Å². The Morgan fingerprint density at radius 1 is 1.43 bits per heavy atom. The van der Waals surface area contributed by atoms with Crippen molar-refractivity contribution < 1.29 is 4.39 Å². The molecule has 21 heavy (non-hydrogen) atoms. The van der Waals surface area contributed by atoms with E-state index in [1.54, 1.807) is 0 Å². The predicted molar refractivity (Wildman–Crippen MR) is 88.8 cm³/mol. The first-order valence-corrected chi connectivity index (χ1v) is 8.53. The lowest BCUT2D eigenvalue weighted by Crippen LogP contribution is -2.39. The third kappa shape index (κ3) is 3.83. The molecule has 1 fully saturated rings. The topological polar surface area (TPSA) is 32.5 Å². The molecule has 1 aromatic carbocycles. The Labute approximate surface area is 135 Å². The van der Waals surface area contributed by atoms with Gasteiger partial charge in [-0.15, -0.1) is 0 Å². The van der Waals surface area contributed by atoms with Crippen molar-refractivity contribution in [2.45, 2.75) is 32.4 Å². The van der Waals surface area contributed by atoms with Gasteiger partial charge in [0, 0.05) is 36.2 Å². The highest BCUT2D eigenvalue weighted by Gasteiger charge is 2.31. The Bertz CT molecular complexity index is 465. The van der Waals surface area contributed by atoms with Crippen molar-refractivity contribution in [3.8, 4) is 0 Å². The number of nitrogens with zero attached hydrogens (tertiary/aromatic N) is 2. The summed E-state index contributed by atoms with van der Waals surface area (Å²) in [6.45, 7) is 9.23. The lowest BCUT2D eigenvalue weighted by Gasteiger charge is -2.30. The van der Waals surface area contributed by atoms with E-state index in [9.17, 15) is 4.39 Å². The fourth-order valence-corrected chi connectivity index (χ4v) is 3.95. The number of rotatable bonds is 6. The van der Waals surface area contributed by atoms with E-state index in [1.807, 2.05) is 6.07 Å². The first kappa shape index (κ1) is 16.9. The zero-order chi connectivity index (χ0) is 15.4. The molecule has 0 bridgehead atoms. The van der Waals surface area contributed by atoms with Crippen LogP contribution in [0.2, 0.25) is 0 Å². The van der Waals surface area contributed by atoms with E-state index < -0.39 is 0 Å². The van der Waals surface area contributed by atoms with E-state index in [-0.39, 0.29) is 11.9 Å². The standard InChI is InChI=1S/C16H25BrFN3/c1-3-20(4-2)13-7-8-21(11-13)16(10-19)14-6-5-12(18)9-15(14)17/h5-6,9,13,16H,3-4,7-8,10-11,19H2,1-2H3. The molecule has 2 unspecified atom stereocenters. The van der Waals surface area contributed by atoms with Crippen LogP contribution in [-0.2, 0) is 0 Å². The molecule has 118 valence electrons. The molecule has 5 heteroatoms. The molecule has 0 radical (unpaired) electrons.